The second-order valence-electron chi connectivity index (χ2n) is 5.56. The Balaban J connectivity index is 1.82. The van der Waals surface area contributed by atoms with E-state index >= 15 is 0 Å². The van der Waals surface area contributed by atoms with E-state index in [1.807, 2.05) is 25.3 Å². The second-order valence-corrected chi connectivity index (χ2v) is 5.56. The highest BCUT2D eigenvalue weighted by molar-refractivity contribution is 5.64. The fraction of sp³-hybridized carbons (Fsp3) is 0.188. The van der Waals surface area contributed by atoms with Gasteiger partial charge in [0.2, 0.25) is 0 Å². The number of hydrogen-bond acceptors (Lipinski definition) is 4. The molecule has 0 aliphatic carbocycles. The van der Waals surface area contributed by atoms with Gasteiger partial charge in [-0.3, -0.25) is 10.4 Å². The average molecular weight is 295 g/mol. The van der Waals surface area contributed by atoms with Crippen molar-refractivity contribution in [2.45, 2.75) is 19.0 Å². The Bertz CT molecular complexity index is 830. The van der Waals surface area contributed by atoms with Crippen LogP contribution in [0.1, 0.15) is 23.7 Å². The first-order chi connectivity index (χ1) is 10.7. The molecular formula is C16H14FN5. The molecule has 6 heteroatoms. The number of fused-ring (bicyclic) bond motifs is 1. The van der Waals surface area contributed by atoms with Gasteiger partial charge in [0.1, 0.15) is 12.0 Å². The monoisotopic (exact) mass is 295 g/mol. The van der Waals surface area contributed by atoms with Gasteiger partial charge < -0.3 is 0 Å². The highest BCUT2D eigenvalue weighted by Crippen LogP contribution is 2.38. The molecule has 22 heavy (non-hydrogen) atoms. The summed E-state index contributed by atoms with van der Waals surface area (Å²) in [5.74, 6) is -0.399. The molecule has 3 aromatic rings. The van der Waals surface area contributed by atoms with E-state index in [0.717, 1.165) is 22.3 Å². The molecule has 110 valence electrons. The number of halogens is 1. The van der Waals surface area contributed by atoms with Crippen LogP contribution in [0.5, 0.6) is 0 Å². The summed E-state index contributed by atoms with van der Waals surface area (Å²) in [5, 5.41) is 10.2. The molecular weight excluding hydrogens is 281 g/mol. The van der Waals surface area contributed by atoms with Crippen molar-refractivity contribution in [1.29, 1.82) is 0 Å². The lowest BCUT2D eigenvalue weighted by Crippen LogP contribution is -2.36. The van der Waals surface area contributed by atoms with Crippen LogP contribution in [-0.2, 0) is 12.1 Å². The van der Waals surface area contributed by atoms with E-state index in [1.54, 1.807) is 6.20 Å². The SMILES string of the molecule is C[C@@]1(c2ncncc2F)NCc2cc(-c3cn[nH]c3)ccc21. The maximum Gasteiger partial charge on any atom is 0.165 e. The fourth-order valence-corrected chi connectivity index (χ4v) is 3.08. The summed E-state index contributed by atoms with van der Waals surface area (Å²) in [4.78, 5) is 7.87. The Labute approximate surface area is 126 Å². The van der Waals surface area contributed by atoms with Crippen molar-refractivity contribution in [3.8, 4) is 11.1 Å². The zero-order valence-electron chi connectivity index (χ0n) is 12.0. The van der Waals surface area contributed by atoms with E-state index in [0.29, 0.717) is 12.2 Å². The van der Waals surface area contributed by atoms with Gasteiger partial charge in [0.15, 0.2) is 5.82 Å². The number of nitrogens with zero attached hydrogens (tertiary/aromatic N) is 3. The molecule has 0 spiro atoms. The molecule has 2 N–H and O–H groups in total. The van der Waals surface area contributed by atoms with E-state index in [4.69, 9.17) is 0 Å². The van der Waals surface area contributed by atoms with E-state index in [2.05, 4.69) is 31.5 Å². The van der Waals surface area contributed by atoms with Gasteiger partial charge in [-0.1, -0.05) is 12.1 Å². The van der Waals surface area contributed by atoms with Crippen molar-refractivity contribution >= 4 is 0 Å². The molecule has 4 rings (SSSR count). The molecule has 0 unspecified atom stereocenters. The van der Waals surface area contributed by atoms with Crippen LogP contribution in [-0.4, -0.2) is 20.2 Å². The summed E-state index contributed by atoms with van der Waals surface area (Å²) < 4.78 is 14.1. The summed E-state index contributed by atoms with van der Waals surface area (Å²) in [6.45, 7) is 2.61. The smallest absolute Gasteiger partial charge is 0.165 e. The number of benzene rings is 1. The van der Waals surface area contributed by atoms with Crippen molar-refractivity contribution in [3.05, 3.63) is 65.8 Å². The van der Waals surface area contributed by atoms with E-state index in [1.165, 1.54) is 12.5 Å². The zero-order valence-corrected chi connectivity index (χ0v) is 12.0. The van der Waals surface area contributed by atoms with Gasteiger partial charge in [-0.15, -0.1) is 0 Å². The number of rotatable bonds is 2. The minimum atomic E-state index is -0.642. The third-order valence-electron chi connectivity index (χ3n) is 4.25. The lowest BCUT2D eigenvalue weighted by Gasteiger charge is -2.25. The highest BCUT2D eigenvalue weighted by atomic mass is 19.1. The lowest BCUT2D eigenvalue weighted by molar-refractivity contribution is 0.433. The van der Waals surface area contributed by atoms with E-state index in [9.17, 15) is 4.39 Å². The van der Waals surface area contributed by atoms with E-state index in [-0.39, 0.29) is 0 Å². The maximum atomic E-state index is 14.1. The van der Waals surface area contributed by atoms with Crippen molar-refractivity contribution in [3.63, 3.8) is 0 Å². The molecule has 1 aromatic carbocycles. The Morgan fingerprint density at radius 1 is 1.23 bits per heavy atom. The van der Waals surface area contributed by atoms with Gasteiger partial charge in [0, 0.05) is 18.3 Å². The van der Waals surface area contributed by atoms with Crippen LogP contribution >= 0.6 is 0 Å². The Morgan fingerprint density at radius 2 is 2.14 bits per heavy atom. The number of hydrogen-bond donors (Lipinski definition) is 2. The van der Waals surface area contributed by atoms with Gasteiger partial charge in [-0.05, 0) is 29.7 Å². The van der Waals surface area contributed by atoms with Crippen molar-refractivity contribution < 1.29 is 4.39 Å². The van der Waals surface area contributed by atoms with Crippen LogP contribution < -0.4 is 5.32 Å². The van der Waals surface area contributed by atoms with Crippen LogP contribution in [0.3, 0.4) is 0 Å². The third kappa shape index (κ3) is 1.84. The second kappa shape index (κ2) is 4.71. The van der Waals surface area contributed by atoms with Crippen LogP contribution in [0, 0.1) is 5.82 Å². The molecule has 0 saturated heterocycles. The molecule has 0 radical (unpaired) electrons. The Kier molecular flexibility index (Phi) is 2.80. The molecule has 1 aliphatic heterocycles. The predicted octanol–water partition coefficient (Wildman–Crippen LogP) is 2.37. The largest absolute Gasteiger partial charge is 0.298 e. The summed E-state index contributed by atoms with van der Waals surface area (Å²) in [7, 11) is 0. The third-order valence-corrected chi connectivity index (χ3v) is 4.25. The molecule has 0 fully saturated rings. The molecule has 1 atom stereocenters. The van der Waals surface area contributed by atoms with E-state index < -0.39 is 11.4 Å². The standard InChI is InChI=1S/C16H14FN5/c1-16(15-14(17)8-18-9-19-15)13-3-2-10(4-11(13)5-20-16)12-6-21-22-7-12/h2-4,6-9,20H,5H2,1H3,(H,21,22)/t16-/m1/s1. The maximum absolute atomic E-state index is 14.1. The van der Waals surface area contributed by atoms with Crippen LogP contribution in [0.2, 0.25) is 0 Å². The first-order valence-electron chi connectivity index (χ1n) is 7.02. The Hall–Kier alpha value is -2.60. The molecule has 0 amide bonds. The van der Waals surface area contributed by atoms with Crippen molar-refractivity contribution in [2.75, 3.05) is 0 Å². The molecule has 3 heterocycles. The summed E-state index contributed by atoms with van der Waals surface area (Å²) >= 11 is 0. The van der Waals surface area contributed by atoms with Gasteiger partial charge in [-0.25, -0.2) is 14.4 Å². The highest BCUT2D eigenvalue weighted by Gasteiger charge is 2.39. The fourth-order valence-electron chi connectivity index (χ4n) is 3.08. The first-order valence-corrected chi connectivity index (χ1v) is 7.02. The average Bonchev–Trinajstić information content (AvgIpc) is 3.17. The summed E-state index contributed by atoms with van der Waals surface area (Å²) in [5.41, 5.74) is 4.03. The minimum Gasteiger partial charge on any atom is -0.298 e. The zero-order chi connectivity index (χ0) is 15.2. The van der Waals surface area contributed by atoms with Gasteiger partial charge in [-0.2, -0.15) is 5.10 Å². The number of aromatic nitrogens is 4. The quantitative estimate of drug-likeness (QED) is 0.761. The van der Waals surface area contributed by atoms with Crippen molar-refractivity contribution in [2.24, 2.45) is 0 Å². The molecule has 1 aliphatic rings. The Morgan fingerprint density at radius 3 is 2.91 bits per heavy atom. The van der Waals surface area contributed by atoms with Gasteiger partial charge in [0.25, 0.3) is 0 Å². The number of nitrogens with one attached hydrogen (secondary N) is 2. The summed E-state index contributed by atoms with van der Waals surface area (Å²) in [6, 6.07) is 6.16. The predicted molar refractivity (Wildman–Crippen MR) is 79.3 cm³/mol. The molecule has 0 saturated carbocycles. The van der Waals surface area contributed by atoms with Crippen LogP contribution in [0.4, 0.5) is 4.39 Å². The van der Waals surface area contributed by atoms with Gasteiger partial charge in [0.05, 0.1) is 17.9 Å². The van der Waals surface area contributed by atoms with Crippen molar-refractivity contribution in [1.82, 2.24) is 25.5 Å². The first kappa shape index (κ1) is 13.1. The topological polar surface area (TPSA) is 66.5 Å². The molecule has 0 bridgehead atoms. The number of aromatic amines is 1. The lowest BCUT2D eigenvalue weighted by atomic mass is 9.87. The normalized spacial score (nSPS) is 20.1. The van der Waals surface area contributed by atoms with Crippen LogP contribution in [0.25, 0.3) is 11.1 Å². The molecule has 2 aromatic heterocycles. The summed E-state index contributed by atoms with van der Waals surface area (Å²) in [6.07, 6.45) is 6.22. The van der Waals surface area contributed by atoms with Gasteiger partial charge >= 0.3 is 0 Å². The number of H-pyrrole nitrogens is 1. The van der Waals surface area contributed by atoms with Crippen LogP contribution in [0.15, 0.2) is 43.1 Å². The molecule has 5 nitrogen and oxygen atoms in total. The minimum absolute atomic E-state index is 0.373.